The van der Waals surface area contributed by atoms with Crippen molar-refractivity contribution in [3.8, 4) is 6.07 Å². The molecule has 6 nitrogen and oxygen atoms in total. The van der Waals surface area contributed by atoms with E-state index in [1.807, 2.05) is 24.0 Å². The van der Waals surface area contributed by atoms with Crippen molar-refractivity contribution in [1.82, 2.24) is 9.80 Å². The summed E-state index contributed by atoms with van der Waals surface area (Å²) < 4.78 is 0. The number of carbonyl (C=O) groups excluding carboxylic acids is 1. The SMILES string of the molecule is C=Nc1c([C@H]2C[C@H](C)CN(C(=O)CC3CCN(C)CC3)C2)ccc(C#N)c1N=CC. The van der Waals surface area contributed by atoms with E-state index in [-0.39, 0.29) is 11.8 Å². The van der Waals surface area contributed by atoms with Crippen LogP contribution in [0.25, 0.3) is 0 Å². The third-order valence-electron chi connectivity index (χ3n) is 6.47. The highest BCUT2D eigenvalue weighted by molar-refractivity contribution is 5.79. The summed E-state index contributed by atoms with van der Waals surface area (Å²) in [5.41, 5.74) is 2.79. The van der Waals surface area contributed by atoms with E-state index in [0.717, 1.165) is 44.5 Å². The number of piperidine rings is 2. The lowest BCUT2D eigenvalue weighted by Gasteiger charge is -2.38. The van der Waals surface area contributed by atoms with Gasteiger partial charge in [-0.15, -0.1) is 0 Å². The van der Waals surface area contributed by atoms with E-state index in [0.29, 0.717) is 41.7 Å². The number of nitriles is 1. The smallest absolute Gasteiger partial charge is 0.222 e. The highest BCUT2D eigenvalue weighted by atomic mass is 16.2. The summed E-state index contributed by atoms with van der Waals surface area (Å²) >= 11 is 0. The molecule has 0 aromatic heterocycles. The summed E-state index contributed by atoms with van der Waals surface area (Å²) in [6.07, 6.45) is 5.52. The number of likely N-dealkylation sites (tertiary alicyclic amines) is 2. The van der Waals surface area contributed by atoms with Crippen molar-refractivity contribution in [2.75, 3.05) is 33.2 Å². The van der Waals surface area contributed by atoms with E-state index in [2.05, 4.69) is 41.6 Å². The van der Waals surface area contributed by atoms with Crippen LogP contribution in [0.2, 0.25) is 0 Å². The Kier molecular flexibility index (Phi) is 7.38. The third-order valence-corrected chi connectivity index (χ3v) is 6.47. The Balaban J connectivity index is 1.80. The van der Waals surface area contributed by atoms with Crippen LogP contribution in [0.5, 0.6) is 0 Å². The van der Waals surface area contributed by atoms with E-state index in [9.17, 15) is 10.1 Å². The average Bonchev–Trinajstić information content (AvgIpc) is 2.74. The predicted molar refractivity (Wildman–Crippen MR) is 122 cm³/mol. The van der Waals surface area contributed by atoms with Crippen molar-refractivity contribution in [2.24, 2.45) is 21.8 Å². The molecule has 0 unspecified atom stereocenters. The minimum atomic E-state index is 0.175. The predicted octanol–water partition coefficient (Wildman–Crippen LogP) is 4.30. The molecule has 1 amide bonds. The van der Waals surface area contributed by atoms with Gasteiger partial charge in [-0.05, 0) is 76.5 Å². The van der Waals surface area contributed by atoms with Gasteiger partial charge in [0.2, 0.25) is 5.91 Å². The van der Waals surface area contributed by atoms with E-state index >= 15 is 0 Å². The molecule has 160 valence electrons. The quantitative estimate of drug-likeness (QED) is 0.683. The molecule has 2 aliphatic rings. The zero-order valence-electron chi connectivity index (χ0n) is 18.5. The van der Waals surface area contributed by atoms with Crippen molar-refractivity contribution in [3.63, 3.8) is 0 Å². The minimum Gasteiger partial charge on any atom is -0.342 e. The summed E-state index contributed by atoms with van der Waals surface area (Å²) in [7, 11) is 2.15. The van der Waals surface area contributed by atoms with Gasteiger partial charge in [0.05, 0.1) is 11.3 Å². The van der Waals surface area contributed by atoms with Crippen molar-refractivity contribution in [3.05, 3.63) is 23.3 Å². The van der Waals surface area contributed by atoms with E-state index in [1.165, 1.54) is 0 Å². The molecule has 2 aliphatic heterocycles. The molecule has 0 aliphatic carbocycles. The lowest BCUT2D eigenvalue weighted by atomic mass is 9.83. The van der Waals surface area contributed by atoms with Gasteiger partial charge in [-0.3, -0.25) is 14.8 Å². The van der Waals surface area contributed by atoms with Crippen LogP contribution in [0.15, 0.2) is 22.1 Å². The van der Waals surface area contributed by atoms with Gasteiger partial charge in [0.25, 0.3) is 0 Å². The van der Waals surface area contributed by atoms with Crippen LogP contribution in [0.3, 0.4) is 0 Å². The molecule has 3 rings (SSSR count). The number of rotatable bonds is 5. The van der Waals surface area contributed by atoms with Crippen molar-refractivity contribution in [2.45, 2.75) is 45.4 Å². The fourth-order valence-electron chi connectivity index (χ4n) is 4.86. The largest absolute Gasteiger partial charge is 0.342 e. The molecule has 1 aromatic carbocycles. The van der Waals surface area contributed by atoms with Crippen LogP contribution < -0.4 is 0 Å². The second-order valence-corrected chi connectivity index (χ2v) is 8.84. The molecular formula is C24H33N5O. The standard InChI is InChI=1S/C24H33N5O/c1-5-27-23-19(14-25)6-7-21(24(23)26-3)20-12-17(2)15-29(16-20)22(30)13-18-8-10-28(4)11-9-18/h5-7,17-18,20H,3,8-13,15-16H2,1-2,4H3/t17-,20-/m0/s1. The Labute approximate surface area is 180 Å². The Morgan fingerprint density at radius 2 is 2.03 bits per heavy atom. The monoisotopic (exact) mass is 407 g/mol. The number of hydrogen-bond acceptors (Lipinski definition) is 5. The molecule has 2 heterocycles. The molecule has 0 spiro atoms. The van der Waals surface area contributed by atoms with Crippen molar-refractivity contribution >= 4 is 30.2 Å². The molecule has 2 atom stereocenters. The van der Waals surface area contributed by atoms with Crippen LogP contribution in [0.1, 0.15) is 56.6 Å². The van der Waals surface area contributed by atoms with Crippen LogP contribution in [0.4, 0.5) is 11.4 Å². The number of hydrogen-bond donors (Lipinski definition) is 0. The number of nitrogens with zero attached hydrogens (tertiary/aromatic N) is 5. The topological polar surface area (TPSA) is 72.1 Å². The van der Waals surface area contributed by atoms with Gasteiger partial charge in [0.1, 0.15) is 11.8 Å². The normalized spacial score (nSPS) is 23.5. The highest BCUT2D eigenvalue weighted by Gasteiger charge is 2.32. The Morgan fingerprint density at radius 3 is 2.67 bits per heavy atom. The maximum Gasteiger partial charge on any atom is 0.222 e. The first kappa shape index (κ1) is 22.2. The maximum atomic E-state index is 13.1. The number of amides is 1. The second kappa shape index (κ2) is 9.99. The number of carbonyl (C=O) groups is 1. The van der Waals surface area contributed by atoms with Gasteiger partial charge in [0, 0.05) is 31.6 Å². The first-order valence-corrected chi connectivity index (χ1v) is 11.0. The molecule has 0 N–H and O–H groups in total. The molecular weight excluding hydrogens is 374 g/mol. The summed E-state index contributed by atoms with van der Waals surface area (Å²) in [6, 6.07) is 5.99. The molecule has 0 saturated carbocycles. The minimum absolute atomic E-state index is 0.175. The molecule has 30 heavy (non-hydrogen) atoms. The van der Waals surface area contributed by atoms with Gasteiger partial charge >= 0.3 is 0 Å². The highest BCUT2D eigenvalue weighted by Crippen LogP contribution is 2.42. The van der Waals surface area contributed by atoms with Gasteiger partial charge < -0.3 is 9.80 Å². The van der Waals surface area contributed by atoms with Gasteiger partial charge in [-0.25, -0.2) is 0 Å². The first-order valence-electron chi connectivity index (χ1n) is 11.0. The van der Waals surface area contributed by atoms with Crippen LogP contribution >= 0.6 is 0 Å². The molecule has 1 aromatic rings. The summed E-state index contributed by atoms with van der Waals surface area (Å²) in [4.78, 5) is 26.1. The third kappa shape index (κ3) is 4.96. The van der Waals surface area contributed by atoms with E-state index in [4.69, 9.17) is 0 Å². The molecule has 0 bridgehead atoms. The second-order valence-electron chi connectivity index (χ2n) is 8.84. The van der Waals surface area contributed by atoms with Crippen LogP contribution in [-0.4, -0.2) is 61.9 Å². The first-order chi connectivity index (χ1) is 14.5. The van der Waals surface area contributed by atoms with Crippen LogP contribution in [-0.2, 0) is 4.79 Å². The Morgan fingerprint density at radius 1 is 1.30 bits per heavy atom. The maximum absolute atomic E-state index is 13.1. The molecule has 2 saturated heterocycles. The molecule has 6 heteroatoms. The fraction of sp³-hybridized carbons (Fsp3) is 0.583. The number of aliphatic imine (C=N–C) groups is 2. The lowest BCUT2D eigenvalue weighted by Crippen LogP contribution is -2.43. The average molecular weight is 408 g/mol. The lowest BCUT2D eigenvalue weighted by molar-refractivity contribution is -0.134. The zero-order valence-corrected chi connectivity index (χ0v) is 18.5. The Hall–Kier alpha value is -2.52. The van der Waals surface area contributed by atoms with E-state index in [1.54, 1.807) is 6.21 Å². The Bertz CT molecular complexity index is 848. The van der Waals surface area contributed by atoms with Crippen LogP contribution in [0, 0.1) is 23.2 Å². The van der Waals surface area contributed by atoms with Crippen molar-refractivity contribution < 1.29 is 4.79 Å². The zero-order chi connectivity index (χ0) is 21.7. The summed E-state index contributed by atoms with van der Waals surface area (Å²) in [5, 5.41) is 9.45. The summed E-state index contributed by atoms with van der Waals surface area (Å²) in [5.74, 6) is 1.36. The molecule has 2 fully saturated rings. The number of benzene rings is 1. The fourth-order valence-corrected chi connectivity index (χ4v) is 4.86. The van der Waals surface area contributed by atoms with Gasteiger partial charge in [0.15, 0.2) is 0 Å². The molecule has 0 radical (unpaired) electrons. The van der Waals surface area contributed by atoms with E-state index < -0.39 is 0 Å². The summed E-state index contributed by atoms with van der Waals surface area (Å²) in [6.45, 7) is 11.4. The van der Waals surface area contributed by atoms with Gasteiger partial charge in [-0.1, -0.05) is 13.0 Å². The van der Waals surface area contributed by atoms with Crippen molar-refractivity contribution in [1.29, 1.82) is 5.26 Å². The van der Waals surface area contributed by atoms with Gasteiger partial charge in [-0.2, -0.15) is 5.26 Å².